The van der Waals surface area contributed by atoms with Crippen LogP contribution < -0.4 is 14.4 Å². The van der Waals surface area contributed by atoms with E-state index in [9.17, 15) is 50.6 Å². The summed E-state index contributed by atoms with van der Waals surface area (Å²) >= 11 is 0. The van der Waals surface area contributed by atoms with Gasteiger partial charge in [0.2, 0.25) is 11.8 Å². The van der Waals surface area contributed by atoms with Gasteiger partial charge in [-0.2, -0.15) is 26.3 Å². The molecule has 47 heavy (non-hydrogen) atoms. The summed E-state index contributed by atoms with van der Waals surface area (Å²) in [4.78, 5) is 55.2. The Kier molecular flexibility index (Phi) is 7.40. The maximum atomic E-state index is 14.1. The maximum absolute atomic E-state index is 14.1. The number of benzene rings is 2. The monoisotopic (exact) mass is 661 g/mol. The number of hydrogen-bond acceptors (Lipinski definition) is 7. The van der Waals surface area contributed by atoms with Gasteiger partial charge in [-0.1, -0.05) is 11.6 Å². The fraction of sp³-hybridized carbons (Fsp3) is 0.333. The lowest BCUT2D eigenvalue weighted by molar-refractivity contribution is -0.143. The van der Waals surface area contributed by atoms with Crippen molar-refractivity contribution in [1.82, 2.24) is 0 Å². The Labute approximate surface area is 262 Å². The molecule has 1 heterocycles. The number of fused-ring (bicyclic) bond motifs is 3. The first-order chi connectivity index (χ1) is 22.0. The van der Waals surface area contributed by atoms with E-state index in [0.29, 0.717) is 22.6 Å². The molecule has 0 aromatic heterocycles. The lowest BCUT2D eigenvalue weighted by Crippen LogP contribution is -2.40. The number of amides is 2. The van der Waals surface area contributed by atoms with Crippen LogP contribution in [-0.4, -0.2) is 42.7 Å². The van der Waals surface area contributed by atoms with Gasteiger partial charge in [0.1, 0.15) is 17.2 Å². The van der Waals surface area contributed by atoms with Crippen LogP contribution in [0.1, 0.15) is 42.4 Å². The molecule has 1 N–H and O–H groups in total. The number of methoxy groups -OCH3 is 2. The van der Waals surface area contributed by atoms with Gasteiger partial charge in [-0.15, -0.1) is 0 Å². The summed E-state index contributed by atoms with van der Waals surface area (Å²) in [7, 11) is 2.61. The highest BCUT2D eigenvalue weighted by Gasteiger charge is 2.57. The third kappa shape index (κ3) is 5.01. The van der Waals surface area contributed by atoms with Gasteiger partial charge in [0.05, 0.1) is 42.9 Å². The molecule has 8 nitrogen and oxygen atoms in total. The zero-order valence-electron chi connectivity index (χ0n) is 24.9. The number of anilines is 1. The molecule has 1 fully saturated rings. The first-order valence-electron chi connectivity index (χ1n) is 14.3. The number of imide groups is 1. The Hall–Kier alpha value is -4.88. The fourth-order valence-corrected chi connectivity index (χ4v) is 7.22. The van der Waals surface area contributed by atoms with Crippen LogP contribution in [0.4, 0.5) is 32.0 Å². The van der Waals surface area contributed by atoms with Gasteiger partial charge < -0.3 is 14.6 Å². The quantitative estimate of drug-likeness (QED) is 0.183. The molecule has 4 atom stereocenters. The maximum Gasteiger partial charge on any atom is 0.416 e. The number of alkyl halides is 6. The van der Waals surface area contributed by atoms with E-state index in [1.54, 1.807) is 6.08 Å². The fourth-order valence-electron chi connectivity index (χ4n) is 7.22. The molecule has 14 heteroatoms. The van der Waals surface area contributed by atoms with E-state index in [1.807, 2.05) is 0 Å². The summed E-state index contributed by atoms with van der Waals surface area (Å²) < 4.78 is 93.1. The molecule has 3 aliphatic carbocycles. The van der Waals surface area contributed by atoms with Crippen LogP contribution in [0.2, 0.25) is 0 Å². The SMILES string of the molecule is COc1cc(O)cc(OC)c1[C@H]1C2=CC[C@@H]3C(=O)N(c4cc(C(F)(F)F)cc(C(F)(F)F)c4)C(=O)[C@@H]3[C@@H]2CC2=C1C(=O)C(C)=CC2=O. The molecule has 0 unspecified atom stereocenters. The van der Waals surface area contributed by atoms with Crippen molar-refractivity contribution >= 4 is 29.1 Å². The molecule has 246 valence electrons. The van der Waals surface area contributed by atoms with Crippen molar-refractivity contribution in [3.63, 3.8) is 0 Å². The summed E-state index contributed by atoms with van der Waals surface area (Å²) in [6.45, 7) is 1.46. The van der Waals surface area contributed by atoms with Crippen molar-refractivity contribution in [2.75, 3.05) is 19.1 Å². The number of carbonyl (C=O) groups is 4. The molecule has 6 rings (SSSR count). The number of carbonyl (C=O) groups excluding carboxylic acids is 4. The number of halogens is 6. The van der Waals surface area contributed by atoms with Gasteiger partial charge >= 0.3 is 12.4 Å². The smallest absolute Gasteiger partial charge is 0.416 e. The van der Waals surface area contributed by atoms with Crippen LogP contribution in [0.5, 0.6) is 17.2 Å². The van der Waals surface area contributed by atoms with Gasteiger partial charge in [0.15, 0.2) is 11.6 Å². The van der Waals surface area contributed by atoms with E-state index in [0.717, 1.165) is 6.08 Å². The Morgan fingerprint density at radius 3 is 1.94 bits per heavy atom. The third-order valence-corrected chi connectivity index (χ3v) is 9.21. The van der Waals surface area contributed by atoms with Gasteiger partial charge in [-0.05, 0) is 50.0 Å². The lowest BCUT2D eigenvalue weighted by atomic mass is 9.59. The van der Waals surface area contributed by atoms with E-state index in [-0.39, 0.29) is 58.4 Å². The van der Waals surface area contributed by atoms with Crippen LogP contribution >= 0.6 is 0 Å². The molecule has 2 aromatic carbocycles. The van der Waals surface area contributed by atoms with Crippen molar-refractivity contribution in [3.05, 3.63) is 81.5 Å². The second-order valence-corrected chi connectivity index (χ2v) is 11.8. The molecule has 0 radical (unpaired) electrons. The van der Waals surface area contributed by atoms with Crippen LogP contribution in [0, 0.1) is 17.8 Å². The van der Waals surface area contributed by atoms with Crippen LogP contribution in [0.15, 0.2) is 64.8 Å². The van der Waals surface area contributed by atoms with Gasteiger partial charge in [0.25, 0.3) is 0 Å². The minimum Gasteiger partial charge on any atom is -0.508 e. The molecular weight excluding hydrogens is 636 g/mol. The number of hydrogen-bond donors (Lipinski definition) is 1. The molecule has 1 aliphatic heterocycles. The highest BCUT2D eigenvalue weighted by molar-refractivity contribution is 6.25. The third-order valence-electron chi connectivity index (χ3n) is 9.21. The summed E-state index contributed by atoms with van der Waals surface area (Å²) in [5.41, 5.74) is -3.32. The lowest BCUT2D eigenvalue weighted by Gasteiger charge is -2.42. The number of aromatic hydroxyl groups is 1. The van der Waals surface area contributed by atoms with E-state index in [2.05, 4.69) is 0 Å². The Balaban J connectivity index is 1.52. The highest BCUT2D eigenvalue weighted by atomic mass is 19.4. The molecule has 4 aliphatic rings. The summed E-state index contributed by atoms with van der Waals surface area (Å²) in [6.07, 6.45) is -8.01. The predicted octanol–water partition coefficient (Wildman–Crippen LogP) is 6.08. The van der Waals surface area contributed by atoms with Crippen LogP contribution in [0.25, 0.3) is 0 Å². The predicted molar refractivity (Wildman–Crippen MR) is 151 cm³/mol. The molecule has 1 saturated heterocycles. The Bertz CT molecular complexity index is 1810. The number of ether oxygens (including phenoxy) is 2. The summed E-state index contributed by atoms with van der Waals surface area (Å²) in [5, 5.41) is 10.3. The van der Waals surface area contributed by atoms with Crippen LogP contribution in [0.3, 0.4) is 0 Å². The Morgan fingerprint density at radius 1 is 0.830 bits per heavy atom. The molecule has 0 spiro atoms. The number of rotatable bonds is 4. The number of nitrogens with zero attached hydrogens (tertiary/aromatic N) is 1. The first kappa shape index (κ1) is 32.1. The van der Waals surface area contributed by atoms with Crippen molar-refractivity contribution in [2.24, 2.45) is 17.8 Å². The van der Waals surface area contributed by atoms with E-state index in [4.69, 9.17) is 9.47 Å². The average Bonchev–Trinajstić information content (AvgIpc) is 3.26. The van der Waals surface area contributed by atoms with Crippen molar-refractivity contribution in [3.8, 4) is 17.2 Å². The van der Waals surface area contributed by atoms with Gasteiger partial charge in [-0.25, -0.2) is 4.90 Å². The minimum absolute atomic E-state index is 0.0442. The molecular formula is C33H25F6NO7. The van der Waals surface area contributed by atoms with Crippen molar-refractivity contribution in [1.29, 1.82) is 0 Å². The topological polar surface area (TPSA) is 110 Å². The average molecular weight is 662 g/mol. The number of ketones is 2. The zero-order valence-corrected chi connectivity index (χ0v) is 24.9. The molecule has 0 saturated carbocycles. The number of Topliss-reactive ketones (excluding diaryl/α,β-unsaturated/α-hetero) is 1. The van der Waals surface area contributed by atoms with E-state index >= 15 is 0 Å². The molecule has 2 aromatic rings. The summed E-state index contributed by atoms with van der Waals surface area (Å²) in [6, 6.07) is 3.09. The molecule has 2 amide bonds. The molecule has 0 bridgehead atoms. The van der Waals surface area contributed by atoms with E-state index in [1.165, 1.54) is 33.3 Å². The van der Waals surface area contributed by atoms with Crippen molar-refractivity contribution < 1.29 is 60.1 Å². The number of phenolic OH excluding ortho intramolecular Hbond substituents is 1. The minimum atomic E-state index is -5.22. The van der Waals surface area contributed by atoms with E-state index < -0.39 is 76.2 Å². The highest BCUT2D eigenvalue weighted by Crippen LogP contribution is 2.58. The standard InChI is InChI=1S/C33H25F6NO7/c1-13-6-22(42)21-12-20-18(26(27(21)29(13)43)28-23(46-2)10-17(41)11-24(28)47-3)4-5-19-25(20)31(45)40(30(19)44)16-8-14(32(34,35)36)7-15(9-16)33(37,38)39/h4,6-11,19-20,25-26,41H,5,12H2,1-3H3/t19-,20+,25-,26-/m0/s1. The van der Waals surface area contributed by atoms with Crippen LogP contribution in [-0.2, 0) is 31.5 Å². The Morgan fingerprint density at radius 2 is 1.40 bits per heavy atom. The largest absolute Gasteiger partial charge is 0.508 e. The zero-order chi connectivity index (χ0) is 34.3. The number of allylic oxidation sites excluding steroid dienone is 6. The normalized spacial score (nSPS) is 24.5. The number of phenols is 1. The van der Waals surface area contributed by atoms with Gasteiger partial charge in [0, 0.05) is 40.3 Å². The second kappa shape index (κ2) is 10.8. The summed E-state index contributed by atoms with van der Waals surface area (Å²) in [5.74, 6) is -7.58. The van der Waals surface area contributed by atoms with Gasteiger partial charge in [-0.3, -0.25) is 19.2 Å². The second-order valence-electron chi connectivity index (χ2n) is 11.8. The van der Waals surface area contributed by atoms with Crippen molar-refractivity contribution in [2.45, 2.75) is 38.0 Å². The first-order valence-corrected chi connectivity index (χ1v) is 14.3.